The SMILES string of the molecule is CCCS(=O)(=O)Nc1nc(CC(=O)N[C@@H](Cc2cc(F)cc(F)c2)[C@H](O)CNCc2cccc(CC)c2)c(C)o1. The number of nitrogens with one attached hydrogen (secondary N) is 3. The number of hydrogen-bond acceptors (Lipinski definition) is 7. The summed E-state index contributed by atoms with van der Waals surface area (Å²) in [5.74, 6) is -1.91. The van der Waals surface area contributed by atoms with Crippen LogP contribution in [0.4, 0.5) is 14.8 Å². The fraction of sp³-hybridized carbons (Fsp3) is 0.429. The van der Waals surface area contributed by atoms with Gasteiger partial charge < -0.3 is 20.2 Å². The van der Waals surface area contributed by atoms with Gasteiger partial charge in [-0.05, 0) is 55.0 Å². The Kier molecular flexibility index (Phi) is 11.2. The Morgan fingerprint density at radius 1 is 1.07 bits per heavy atom. The van der Waals surface area contributed by atoms with Gasteiger partial charge in [-0.25, -0.2) is 21.9 Å². The van der Waals surface area contributed by atoms with Crippen LogP contribution in [0.25, 0.3) is 0 Å². The van der Waals surface area contributed by atoms with Crippen molar-refractivity contribution >= 4 is 21.9 Å². The predicted molar refractivity (Wildman–Crippen MR) is 148 cm³/mol. The molecule has 3 rings (SSSR count). The summed E-state index contributed by atoms with van der Waals surface area (Å²) < 4.78 is 59.3. The smallest absolute Gasteiger partial charge is 0.309 e. The van der Waals surface area contributed by atoms with Crippen LogP contribution in [0.5, 0.6) is 0 Å². The van der Waals surface area contributed by atoms with E-state index < -0.39 is 39.7 Å². The maximum Gasteiger partial charge on any atom is 0.309 e. The number of sulfonamides is 1. The standard InChI is InChI=1S/C28H36F2N4O5S/c1-4-9-40(37,38)34-28-33-24(18(3)39-28)15-27(36)32-25(13-21-11-22(29)14-23(30)12-21)26(35)17-31-16-20-8-6-7-19(5-2)10-20/h6-8,10-12,14,25-26,31,35H,4-5,9,13,15-17H2,1-3H3,(H,32,36)(H,33,34)/t25-,26+/m0/s1. The number of rotatable bonds is 15. The first kappa shape index (κ1) is 31.2. The third kappa shape index (κ3) is 9.68. The Balaban J connectivity index is 1.69. The molecule has 0 radical (unpaired) electrons. The minimum atomic E-state index is -3.63. The van der Waals surface area contributed by atoms with Crippen LogP contribution >= 0.6 is 0 Å². The molecule has 218 valence electrons. The van der Waals surface area contributed by atoms with E-state index in [1.807, 2.05) is 18.2 Å². The molecule has 4 N–H and O–H groups in total. The van der Waals surface area contributed by atoms with Gasteiger partial charge >= 0.3 is 6.01 Å². The Bertz CT molecular complexity index is 1380. The Morgan fingerprint density at radius 3 is 2.45 bits per heavy atom. The average molecular weight is 579 g/mol. The van der Waals surface area contributed by atoms with Crippen LogP contribution < -0.4 is 15.4 Å². The zero-order valence-corrected chi connectivity index (χ0v) is 23.7. The van der Waals surface area contributed by atoms with Crippen LogP contribution in [0.15, 0.2) is 46.9 Å². The number of aliphatic hydroxyl groups excluding tert-OH is 1. The van der Waals surface area contributed by atoms with Crippen molar-refractivity contribution in [3.63, 3.8) is 0 Å². The topological polar surface area (TPSA) is 134 Å². The van der Waals surface area contributed by atoms with E-state index in [0.29, 0.717) is 13.0 Å². The summed E-state index contributed by atoms with van der Waals surface area (Å²) in [4.78, 5) is 17.0. The van der Waals surface area contributed by atoms with Crippen molar-refractivity contribution in [3.05, 3.63) is 82.2 Å². The van der Waals surface area contributed by atoms with Gasteiger partial charge in [0.15, 0.2) is 0 Å². The van der Waals surface area contributed by atoms with Gasteiger partial charge in [0.2, 0.25) is 15.9 Å². The number of aromatic nitrogens is 1. The molecular formula is C28H36F2N4O5S. The van der Waals surface area contributed by atoms with E-state index in [4.69, 9.17) is 4.42 Å². The number of nitrogens with zero attached hydrogens (tertiary/aromatic N) is 1. The first-order chi connectivity index (χ1) is 19.0. The van der Waals surface area contributed by atoms with Gasteiger partial charge in [0.25, 0.3) is 0 Å². The number of amides is 1. The largest absolute Gasteiger partial charge is 0.428 e. The first-order valence-corrected chi connectivity index (χ1v) is 14.8. The molecule has 0 aliphatic rings. The summed E-state index contributed by atoms with van der Waals surface area (Å²) in [5.41, 5.74) is 2.70. The molecule has 0 spiro atoms. The fourth-order valence-electron chi connectivity index (χ4n) is 4.23. The fourth-order valence-corrected chi connectivity index (χ4v) is 5.22. The molecule has 0 saturated carbocycles. The second-order valence-corrected chi connectivity index (χ2v) is 11.5. The number of anilines is 1. The minimum absolute atomic E-state index is 0.0333. The summed E-state index contributed by atoms with van der Waals surface area (Å²) in [7, 11) is -3.63. The Morgan fingerprint density at radius 2 is 1.77 bits per heavy atom. The Labute approximate surface area is 233 Å². The number of benzene rings is 2. The molecule has 2 atom stereocenters. The van der Waals surface area contributed by atoms with Crippen molar-refractivity contribution in [3.8, 4) is 0 Å². The van der Waals surface area contributed by atoms with Crippen molar-refractivity contribution < 1.29 is 31.5 Å². The van der Waals surface area contributed by atoms with Crippen LogP contribution in [0.1, 0.15) is 48.4 Å². The summed E-state index contributed by atoms with van der Waals surface area (Å²) >= 11 is 0. The quantitative estimate of drug-likeness (QED) is 0.217. The number of hydrogen-bond donors (Lipinski definition) is 4. The third-order valence-electron chi connectivity index (χ3n) is 6.21. The van der Waals surface area contributed by atoms with Gasteiger partial charge in [-0.15, -0.1) is 0 Å². The molecular weight excluding hydrogens is 542 g/mol. The maximum atomic E-state index is 13.8. The van der Waals surface area contributed by atoms with Crippen LogP contribution in [0.2, 0.25) is 0 Å². The molecule has 0 unspecified atom stereocenters. The lowest BCUT2D eigenvalue weighted by Gasteiger charge is -2.25. The summed E-state index contributed by atoms with van der Waals surface area (Å²) in [6.07, 6.45) is -0.0914. The van der Waals surface area contributed by atoms with Crippen molar-refractivity contribution in [2.24, 2.45) is 0 Å². The molecule has 2 aromatic carbocycles. The van der Waals surface area contributed by atoms with E-state index in [9.17, 15) is 27.1 Å². The molecule has 0 bridgehead atoms. The Hall–Kier alpha value is -3.35. The van der Waals surface area contributed by atoms with Crippen LogP contribution in [0, 0.1) is 18.6 Å². The molecule has 1 aromatic heterocycles. The van der Waals surface area contributed by atoms with Gasteiger partial charge in [-0.1, -0.05) is 38.1 Å². The van der Waals surface area contributed by atoms with Gasteiger partial charge in [0, 0.05) is 19.2 Å². The summed E-state index contributed by atoms with van der Waals surface area (Å²) in [6, 6.07) is 9.93. The molecule has 0 aliphatic carbocycles. The predicted octanol–water partition coefficient (Wildman–Crippen LogP) is 3.40. The van der Waals surface area contributed by atoms with Gasteiger partial charge in [-0.2, -0.15) is 4.98 Å². The third-order valence-corrected chi connectivity index (χ3v) is 7.64. The van der Waals surface area contributed by atoms with E-state index in [0.717, 1.165) is 30.2 Å². The van der Waals surface area contributed by atoms with Gasteiger partial charge in [-0.3, -0.25) is 4.79 Å². The van der Waals surface area contributed by atoms with E-state index in [-0.39, 0.29) is 48.2 Å². The average Bonchev–Trinajstić information content (AvgIpc) is 3.20. The number of aliphatic hydroxyl groups is 1. The molecule has 0 saturated heterocycles. The highest BCUT2D eigenvalue weighted by Crippen LogP contribution is 2.17. The molecule has 3 aromatic rings. The van der Waals surface area contributed by atoms with E-state index in [1.54, 1.807) is 13.8 Å². The lowest BCUT2D eigenvalue weighted by molar-refractivity contribution is -0.122. The molecule has 40 heavy (non-hydrogen) atoms. The van der Waals surface area contributed by atoms with Crippen molar-refractivity contribution in [1.29, 1.82) is 0 Å². The monoisotopic (exact) mass is 578 g/mol. The summed E-state index contributed by atoms with van der Waals surface area (Å²) in [6.45, 7) is 5.91. The highest BCUT2D eigenvalue weighted by molar-refractivity contribution is 7.92. The second-order valence-electron chi connectivity index (χ2n) is 9.65. The lowest BCUT2D eigenvalue weighted by Crippen LogP contribution is -2.49. The van der Waals surface area contributed by atoms with Crippen molar-refractivity contribution in [2.75, 3.05) is 17.0 Å². The molecule has 0 fully saturated rings. The number of halogens is 2. The first-order valence-electron chi connectivity index (χ1n) is 13.2. The highest BCUT2D eigenvalue weighted by Gasteiger charge is 2.24. The summed E-state index contributed by atoms with van der Waals surface area (Å²) in [5, 5.41) is 16.9. The van der Waals surface area contributed by atoms with Gasteiger partial charge in [0.1, 0.15) is 17.4 Å². The minimum Gasteiger partial charge on any atom is -0.428 e. The zero-order valence-electron chi connectivity index (χ0n) is 22.8. The number of aryl methyl sites for hydroxylation is 2. The second kappa shape index (κ2) is 14.3. The number of oxazole rings is 1. The molecule has 9 nitrogen and oxygen atoms in total. The molecule has 1 amide bonds. The molecule has 1 heterocycles. The van der Waals surface area contributed by atoms with Crippen LogP contribution in [0.3, 0.4) is 0 Å². The molecule has 12 heteroatoms. The normalized spacial score (nSPS) is 13.2. The zero-order chi connectivity index (χ0) is 29.3. The van der Waals surface area contributed by atoms with Crippen molar-refractivity contribution in [1.82, 2.24) is 15.6 Å². The highest BCUT2D eigenvalue weighted by atomic mass is 32.2. The van der Waals surface area contributed by atoms with Crippen molar-refractivity contribution in [2.45, 2.75) is 65.1 Å². The van der Waals surface area contributed by atoms with E-state index in [2.05, 4.69) is 33.3 Å². The van der Waals surface area contributed by atoms with Crippen LogP contribution in [-0.2, 0) is 40.6 Å². The molecule has 0 aliphatic heterocycles. The number of carbonyl (C=O) groups is 1. The number of carbonyl (C=O) groups excluding carboxylic acids is 1. The van der Waals surface area contributed by atoms with E-state index >= 15 is 0 Å². The lowest BCUT2D eigenvalue weighted by atomic mass is 10.00. The maximum absolute atomic E-state index is 13.8. The van der Waals surface area contributed by atoms with Crippen LogP contribution in [-0.4, -0.2) is 48.9 Å². The van der Waals surface area contributed by atoms with E-state index in [1.165, 1.54) is 5.56 Å². The van der Waals surface area contributed by atoms with Gasteiger partial charge in [0.05, 0.1) is 30.0 Å².